The fourth-order valence-corrected chi connectivity index (χ4v) is 4.11. The molecule has 10 nitrogen and oxygen atoms in total. The minimum atomic E-state index is -1.20. The molecule has 2 aromatic carbocycles. The Balaban J connectivity index is 1.36. The van der Waals surface area contributed by atoms with Gasteiger partial charge in [0, 0.05) is 29.9 Å². The summed E-state index contributed by atoms with van der Waals surface area (Å²) in [7, 11) is 0. The zero-order valence-electron chi connectivity index (χ0n) is 19.5. The van der Waals surface area contributed by atoms with Gasteiger partial charge in [-0.3, -0.25) is 24.0 Å². The van der Waals surface area contributed by atoms with Crippen molar-refractivity contribution in [1.82, 2.24) is 26.3 Å². The van der Waals surface area contributed by atoms with Gasteiger partial charge in [0.1, 0.15) is 5.69 Å². The molecule has 0 aliphatic carbocycles. The highest BCUT2D eigenvalue weighted by Gasteiger charge is 2.34. The van der Waals surface area contributed by atoms with Crippen LogP contribution in [0.4, 0.5) is 0 Å². The molecule has 2 heterocycles. The molecule has 1 saturated heterocycles. The second-order valence-corrected chi connectivity index (χ2v) is 8.62. The summed E-state index contributed by atoms with van der Waals surface area (Å²) in [6, 6.07) is 16.9. The highest BCUT2D eigenvalue weighted by molar-refractivity contribution is 6.38. The van der Waals surface area contributed by atoms with Gasteiger partial charge in [-0.2, -0.15) is 0 Å². The number of aromatic nitrogens is 1. The van der Waals surface area contributed by atoms with Crippen LogP contribution in [-0.2, 0) is 25.7 Å². The van der Waals surface area contributed by atoms with E-state index in [0.717, 1.165) is 16.5 Å². The van der Waals surface area contributed by atoms with Crippen LogP contribution in [0.15, 0.2) is 60.7 Å². The molecule has 186 valence electrons. The lowest BCUT2D eigenvalue weighted by Gasteiger charge is -2.20. The summed E-state index contributed by atoms with van der Waals surface area (Å²) < 4.78 is 0. The summed E-state index contributed by atoms with van der Waals surface area (Å²) in [5, 5.41) is 11.1. The number of aromatic amines is 1. The Labute approximate surface area is 207 Å². The van der Waals surface area contributed by atoms with Crippen LogP contribution in [0.25, 0.3) is 10.9 Å². The molecule has 0 bridgehead atoms. The molecule has 2 atom stereocenters. The lowest BCUT2D eigenvalue weighted by atomic mass is 9.95. The van der Waals surface area contributed by atoms with E-state index >= 15 is 0 Å². The number of carbonyl (C=O) groups excluding carboxylic acids is 5. The van der Waals surface area contributed by atoms with Crippen LogP contribution in [0.3, 0.4) is 0 Å². The van der Waals surface area contributed by atoms with E-state index in [2.05, 4.69) is 26.3 Å². The predicted molar refractivity (Wildman–Crippen MR) is 132 cm³/mol. The van der Waals surface area contributed by atoms with Gasteiger partial charge >= 0.3 is 0 Å². The second kappa shape index (κ2) is 11.3. The Morgan fingerprint density at radius 1 is 0.972 bits per heavy atom. The average Bonchev–Trinajstić information content (AvgIpc) is 3.51. The van der Waals surface area contributed by atoms with Crippen LogP contribution in [-0.4, -0.2) is 53.5 Å². The molecule has 1 aliphatic heterocycles. The highest BCUT2D eigenvalue weighted by atomic mass is 16.2. The monoisotopic (exact) mass is 489 g/mol. The van der Waals surface area contributed by atoms with Crippen molar-refractivity contribution in [3.8, 4) is 0 Å². The van der Waals surface area contributed by atoms with Gasteiger partial charge < -0.3 is 26.3 Å². The number of hydrogen-bond acceptors (Lipinski definition) is 5. The minimum absolute atomic E-state index is 0.00880. The zero-order valence-corrected chi connectivity index (χ0v) is 19.5. The maximum atomic E-state index is 12.9. The van der Waals surface area contributed by atoms with Gasteiger partial charge in [-0.15, -0.1) is 0 Å². The molecular weight excluding hydrogens is 462 g/mol. The first-order valence-electron chi connectivity index (χ1n) is 11.7. The molecule has 1 fully saturated rings. The molecule has 1 aromatic heterocycles. The van der Waals surface area contributed by atoms with E-state index in [9.17, 15) is 24.0 Å². The van der Waals surface area contributed by atoms with Crippen molar-refractivity contribution >= 4 is 40.3 Å². The molecule has 4 rings (SSSR count). The first-order chi connectivity index (χ1) is 17.4. The number of nitrogens with one attached hydrogen (secondary N) is 5. The number of amides is 4. The van der Waals surface area contributed by atoms with Gasteiger partial charge in [0.15, 0.2) is 0 Å². The molecule has 1 unspecified atom stereocenters. The van der Waals surface area contributed by atoms with E-state index in [-0.39, 0.29) is 18.9 Å². The molecule has 10 heteroatoms. The summed E-state index contributed by atoms with van der Waals surface area (Å²) in [5.41, 5.74) is 1.89. The smallest absolute Gasteiger partial charge is 0.289 e. The van der Waals surface area contributed by atoms with Crippen molar-refractivity contribution in [2.45, 2.75) is 25.4 Å². The number of H-pyrrole nitrogens is 1. The van der Waals surface area contributed by atoms with E-state index in [1.165, 1.54) is 0 Å². The molecule has 5 N–H and O–H groups in total. The number of hydrogen-bond donors (Lipinski definition) is 5. The standard InChI is InChI=1S/C26H27N5O5/c32-22(15-29-25(35)21-12-17-8-4-5-9-19(17)30-21)31-20(13-18-10-11-27-24(18)34)23(33)26(36)28-14-16-6-2-1-3-7-16/h1-9,12,18,20,30H,10-11,13-15H2,(H,27,34)(H,28,36)(H,29,35)(H,31,32)/t18-,20?/m0/s1. The lowest BCUT2D eigenvalue weighted by Crippen LogP contribution is -2.51. The first kappa shape index (κ1) is 24.6. The Morgan fingerprint density at radius 2 is 1.72 bits per heavy atom. The van der Waals surface area contributed by atoms with Crippen molar-refractivity contribution < 1.29 is 24.0 Å². The molecular formula is C26H27N5O5. The van der Waals surface area contributed by atoms with E-state index in [1.807, 2.05) is 54.6 Å². The van der Waals surface area contributed by atoms with Crippen LogP contribution < -0.4 is 21.3 Å². The average molecular weight is 490 g/mol. The summed E-state index contributed by atoms with van der Waals surface area (Å²) >= 11 is 0. The Hall–Kier alpha value is -4.47. The lowest BCUT2D eigenvalue weighted by molar-refractivity contribution is -0.140. The predicted octanol–water partition coefficient (Wildman–Crippen LogP) is 0.794. The van der Waals surface area contributed by atoms with Gasteiger partial charge in [-0.25, -0.2) is 0 Å². The Morgan fingerprint density at radius 3 is 2.44 bits per heavy atom. The zero-order chi connectivity index (χ0) is 25.5. The van der Waals surface area contributed by atoms with Crippen LogP contribution in [0, 0.1) is 5.92 Å². The van der Waals surface area contributed by atoms with Crippen LogP contribution in [0.1, 0.15) is 28.9 Å². The number of fused-ring (bicyclic) bond motifs is 1. The fourth-order valence-electron chi connectivity index (χ4n) is 4.11. The van der Waals surface area contributed by atoms with E-state index in [4.69, 9.17) is 0 Å². The minimum Gasteiger partial charge on any atom is -0.356 e. The Bertz CT molecular complexity index is 1250. The van der Waals surface area contributed by atoms with Crippen LogP contribution in [0.2, 0.25) is 0 Å². The van der Waals surface area contributed by atoms with Gasteiger partial charge in [0.25, 0.3) is 11.8 Å². The van der Waals surface area contributed by atoms with Gasteiger partial charge in [-0.05, 0) is 30.5 Å². The third kappa shape index (κ3) is 6.15. The first-order valence-corrected chi connectivity index (χ1v) is 11.7. The van der Waals surface area contributed by atoms with Crippen LogP contribution >= 0.6 is 0 Å². The van der Waals surface area contributed by atoms with E-state index in [1.54, 1.807) is 6.07 Å². The maximum absolute atomic E-state index is 12.9. The topological polar surface area (TPSA) is 149 Å². The number of Topliss-reactive ketones (excluding diaryl/α,β-unsaturated/α-hetero) is 1. The number of ketones is 1. The van der Waals surface area contributed by atoms with Crippen molar-refractivity contribution in [2.24, 2.45) is 5.92 Å². The largest absolute Gasteiger partial charge is 0.356 e. The van der Waals surface area contributed by atoms with E-state index in [0.29, 0.717) is 18.7 Å². The SMILES string of the molecule is O=C(CNC(=O)c1cc2ccccc2[nH]1)NC(C[C@@H]1CCNC1=O)C(=O)C(=O)NCc1ccccc1. The molecule has 1 aliphatic rings. The summed E-state index contributed by atoms with van der Waals surface area (Å²) in [5.74, 6) is -3.56. The number of carbonyl (C=O) groups is 5. The molecule has 0 saturated carbocycles. The van der Waals surface area contributed by atoms with E-state index < -0.39 is 42.0 Å². The van der Waals surface area contributed by atoms with Gasteiger partial charge in [-0.1, -0.05) is 48.5 Å². The van der Waals surface area contributed by atoms with Gasteiger partial charge in [0.2, 0.25) is 17.6 Å². The fraction of sp³-hybridized carbons (Fsp3) is 0.269. The summed E-state index contributed by atoms with van der Waals surface area (Å²) in [4.78, 5) is 65.6. The molecule has 4 amide bonds. The van der Waals surface area contributed by atoms with Crippen molar-refractivity contribution in [3.63, 3.8) is 0 Å². The normalized spacial score (nSPS) is 15.7. The quantitative estimate of drug-likeness (QED) is 0.267. The molecule has 0 spiro atoms. The van der Waals surface area contributed by atoms with Crippen LogP contribution in [0.5, 0.6) is 0 Å². The summed E-state index contributed by atoms with van der Waals surface area (Å²) in [6.45, 7) is 0.218. The third-order valence-corrected chi connectivity index (χ3v) is 6.04. The molecule has 36 heavy (non-hydrogen) atoms. The second-order valence-electron chi connectivity index (χ2n) is 8.62. The number of rotatable bonds is 10. The highest BCUT2D eigenvalue weighted by Crippen LogP contribution is 2.17. The summed E-state index contributed by atoms with van der Waals surface area (Å²) in [6.07, 6.45) is 0.492. The maximum Gasteiger partial charge on any atom is 0.289 e. The number of para-hydroxylation sites is 1. The van der Waals surface area contributed by atoms with Crippen molar-refractivity contribution in [2.75, 3.05) is 13.1 Å². The number of benzene rings is 2. The molecule has 0 radical (unpaired) electrons. The Kier molecular flexibility index (Phi) is 7.74. The van der Waals surface area contributed by atoms with Gasteiger partial charge in [0.05, 0.1) is 12.6 Å². The van der Waals surface area contributed by atoms with Crippen molar-refractivity contribution in [3.05, 3.63) is 71.9 Å². The molecule has 3 aromatic rings. The third-order valence-electron chi connectivity index (χ3n) is 6.04. The van der Waals surface area contributed by atoms with Crippen molar-refractivity contribution in [1.29, 1.82) is 0 Å².